The molecule has 0 saturated carbocycles. The zero-order valence-electron chi connectivity index (χ0n) is 11.5. The smallest absolute Gasteiger partial charge is 0.317 e. The summed E-state index contributed by atoms with van der Waals surface area (Å²) in [7, 11) is 0. The molecule has 0 bridgehead atoms. The standard InChI is InChI=1S/C13H21N3O4/c17-11-5-4-10-9-15(7-8-16(10)11)13(20)14-6-2-1-3-12(18)19/h10H,1-9H2,(H,14,20)(H,18,19). The van der Waals surface area contributed by atoms with Gasteiger partial charge in [-0.25, -0.2) is 4.79 Å². The minimum atomic E-state index is -0.807. The van der Waals surface area contributed by atoms with E-state index in [1.165, 1.54) is 0 Å². The lowest BCUT2D eigenvalue weighted by Crippen LogP contribution is -2.55. The highest BCUT2D eigenvalue weighted by Gasteiger charge is 2.36. The van der Waals surface area contributed by atoms with Crippen molar-refractivity contribution in [3.05, 3.63) is 0 Å². The second kappa shape index (κ2) is 6.58. The number of carbonyl (C=O) groups excluding carboxylic acids is 2. The maximum absolute atomic E-state index is 12.0. The lowest BCUT2D eigenvalue weighted by molar-refractivity contribution is -0.137. The minimum Gasteiger partial charge on any atom is -0.481 e. The van der Waals surface area contributed by atoms with Crippen molar-refractivity contribution in [1.82, 2.24) is 15.1 Å². The molecule has 0 aromatic heterocycles. The van der Waals surface area contributed by atoms with E-state index in [0.717, 1.165) is 6.42 Å². The number of hydrogen-bond donors (Lipinski definition) is 2. The van der Waals surface area contributed by atoms with Gasteiger partial charge in [0, 0.05) is 45.1 Å². The van der Waals surface area contributed by atoms with Crippen LogP contribution in [0.5, 0.6) is 0 Å². The van der Waals surface area contributed by atoms with Crippen LogP contribution in [-0.4, -0.2) is 65.0 Å². The molecule has 2 aliphatic rings. The van der Waals surface area contributed by atoms with Crippen molar-refractivity contribution in [2.75, 3.05) is 26.2 Å². The Morgan fingerprint density at radius 2 is 2.10 bits per heavy atom. The van der Waals surface area contributed by atoms with Gasteiger partial charge in [-0.3, -0.25) is 9.59 Å². The molecule has 0 radical (unpaired) electrons. The molecule has 7 nitrogen and oxygen atoms in total. The number of aliphatic carboxylic acids is 1. The molecule has 2 saturated heterocycles. The lowest BCUT2D eigenvalue weighted by Gasteiger charge is -2.37. The van der Waals surface area contributed by atoms with Gasteiger partial charge in [-0.05, 0) is 19.3 Å². The zero-order valence-corrected chi connectivity index (χ0v) is 11.5. The maximum Gasteiger partial charge on any atom is 0.317 e. The van der Waals surface area contributed by atoms with Gasteiger partial charge in [-0.15, -0.1) is 0 Å². The SMILES string of the molecule is O=C(O)CCCCNC(=O)N1CCN2C(=O)CCC2C1. The molecule has 1 atom stereocenters. The van der Waals surface area contributed by atoms with Crippen LogP contribution in [0.1, 0.15) is 32.1 Å². The minimum absolute atomic E-state index is 0.112. The van der Waals surface area contributed by atoms with E-state index in [9.17, 15) is 14.4 Å². The lowest BCUT2D eigenvalue weighted by atomic mass is 10.1. The summed E-state index contributed by atoms with van der Waals surface area (Å²) in [4.78, 5) is 37.5. The van der Waals surface area contributed by atoms with Crippen molar-refractivity contribution in [2.24, 2.45) is 0 Å². The van der Waals surface area contributed by atoms with E-state index in [2.05, 4.69) is 5.32 Å². The van der Waals surface area contributed by atoms with Crippen LogP contribution in [0.4, 0.5) is 4.79 Å². The first kappa shape index (κ1) is 14.6. The van der Waals surface area contributed by atoms with E-state index in [1.54, 1.807) is 4.90 Å². The van der Waals surface area contributed by atoms with E-state index in [-0.39, 0.29) is 24.4 Å². The molecule has 20 heavy (non-hydrogen) atoms. The van der Waals surface area contributed by atoms with Gasteiger partial charge in [0.1, 0.15) is 0 Å². The van der Waals surface area contributed by atoms with Crippen LogP contribution in [0.3, 0.4) is 0 Å². The number of nitrogens with one attached hydrogen (secondary N) is 1. The third kappa shape index (κ3) is 3.61. The normalized spacial score (nSPS) is 21.8. The zero-order chi connectivity index (χ0) is 14.5. The van der Waals surface area contributed by atoms with E-state index in [4.69, 9.17) is 5.11 Å². The summed E-state index contributed by atoms with van der Waals surface area (Å²) in [5.74, 6) is -0.609. The Hall–Kier alpha value is -1.79. The van der Waals surface area contributed by atoms with Crippen LogP contribution in [-0.2, 0) is 9.59 Å². The Bertz CT molecular complexity index is 399. The molecule has 0 aromatic carbocycles. The molecule has 3 amide bonds. The number of unbranched alkanes of at least 4 members (excludes halogenated alkanes) is 1. The number of carbonyl (C=O) groups is 3. The highest BCUT2D eigenvalue weighted by Crippen LogP contribution is 2.22. The Morgan fingerprint density at radius 3 is 2.85 bits per heavy atom. The number of amides is 3. The highest BCUT2D eigenvalue weighted by atomic mass is 16.4. The summed E-state index contributed by atoms with van der Waals surface area (Å²) in [6.07, 6.45) is 2.80. The Kier molecular flexibility index (Phi) is 4.81. The monoisotopic (exact) mass is 283 g/mol. The van der Waals surface area contributed by atoms with Gasteiger partial charge in [-0.1, -0.05) is 0 Å². The predicted molar refractivity (Wildman–Crippen MR) is 71.2 cm³/mol. The summed E-state index contributed by atoms with van der Waals surface area (Å²) in [5.41, 5.74) is 0. The summed E-state index contributed by atoms with van der Waals surface area (Å²) in [6.45, 7) is 2.29. The number of urea groups is 1. The molecule has 1 unspecified atom stereocenters. The van der Waals surface area contributed by atoms with Crippen molar-refractivity contribution in [3.63, 3.8) is 0 Å². The molecule has 7 heteroatoms. The molecule has 2 rings (SSSR count). The van der Waals surface area contributed by atoms with E-state index in [1.807, 2.05) is 4.90 Å². The molecule has 0 spiro atoms. The number of rotatable bonds is 5. The van der Waals surface area contributed by atoms with Crippen LogP contribution < -0.4 is 5.32 Å². The van der Waals surface area contributed by atoms with Crippen molar-refractivity contribution in [2.45, 2.75) is 38.1 Å². The summed E-state index contributed by atoms with van der Waals surface area (Å²) in [6, 6.07) is 0.0633. The van der Waals surface area contributed by atoms with Gasteiger partial charge in [0.25, 0.3) is 0 Å². The third-order valence-electron chi connectivity index (χ3n) is 3.88. The first-order chi connectivity index (χ1) is 9.58. The van der Waals surface area contributed by atoms with Crippen molar-refractivity contribution >= 4 is 17.9 Å². The molecule has 2 heterocycles. The van der Waals surface area contributed by atoms with Gasteiger partial charge < -0.3 is 20.2 Å². The quantitative estimate of drug-likeness (QED) is 0.708. The molecule has 0 aromatic rings. The number of carboxylic acid groups (broad SMARTS) is 1. The second-order valence-electron chi connectivity index (χ2n) is 5.31. The average Bonchev–Trinajstić information content (AvgIpc) is 2.79. The third-order valence-corrected chi connectivity index (χ3v) is 3.88. The van der Waals surface area contributed by atoms with Crippen LogP contribution in [0.15, 0.2) is 0 Å². The van der Waals surface area contributed by atoms with E-state index < -0.39 is 5.97 Å². The molecular formula is C13H21N3O4. The van der Waals surface area contributed by atoms with Gasteiger partial charge in [0.2, 0.25) is 5.91 Å². The fraction of sp³-hybridized carbons (Fsp3) is 0.769. The summed E-state index contributed by atoms with van der Waals surface area (Å²) in [5, 5.41) is 11.3. The van der Waals surface area contributed by atoms with Crippen molar-refractivity contribution in [3.8, 4) is 0 Å². The summed E-state index contributed by atoms with van der Waals surface area (Å²) < 4.78 is 0. The maximum atomic E-state index is 12.0. The van der Waals surface area contributed by atoms with Crippen LogP contribution in [0, 0.1) is 0 Å². The Labute approximate surface area is 117 Å². The molecule has 2 fully saturated rings. The molecule has 0 aliphatic carbocycles. The first-order valence-electron chi connectivity index (χ1n) is 7.12. The fourth-order valence-corrected chi connectivity index (χ4v) is 2.76. The number of carboxylic acids is 1. The first-order valence-corrected chi connectivity index (χ1v) is 7.12. The number of fused-ring (bicyclic) bond motifs is 1. The fourth-order valence-electron chi connectivity index (χ4n) is 2.76. The number of piperazine rings is 1. The largest absolute Gasteiger partial charge is 0.481 e. The molecular weight excluding hydrogens is 262 g/mol. The topological polar surface area (TPSA) is 89.9 Å². The second-order valence-corrected chi connectivity index (χ2v) is 5.31. The average molecular weight is 283 g/mol. The highest BCUT2D eigenvalue weighted by molar-refractivity contribution is 5.80. The van der Waals surface area contributed by atoms with Gasteiger partial charge in [0.05, 0.1) is 0 Å². The van der Waals surface area contributed by atoms with Gasteiger partial charge in [0.15, 0.2) is 0 Å². The predicted octanol–water partition coefficient (Wildman–Crippen LogP) is 0.258. The van der Waals surface area contributed by atoms with Crippen molar-refractivity contribution in [1.29, 1.82) is 0 Å². The molecule has 112 valence electrons. The number of hydrogen-bond acceptors (Lipinski definition) is 3. The van der Waals surface area contributed by atoms with Crippen molar-refractivity contribution < 1.29 is 19.5 Å². The van der Waals surface area contributed by atoms with E-state index in [0.29, 0.717) is 45.4 Å². The van der Waals surface area contributed by atoms with Crippen LogP contribution in [0.25, 0.3) is 0 Å². The molecule has 2 aliphatic heterocycles. The van der Waals surface area contributed by atoms with Crippen LogP contribution >= 0.6 is 0 Å². The molecule has 2 N–H and O–H groups in total. The van der Waals surface area contributed by atoms with Crippen LogP contribution in [0.2, 0.25) is 0 Å². The van der Waals surface area contributed by atoms with Gasteiger partial charge in [-0.2, -0.15) is 0 Å². The van der Waals surface area contributed by atoms with E-state index >= 15 is 0 Å². The van der Waals surface area contributed by atoms with Gasteiger partial charge >= 0.3 is 12.0 Å². The number of nitrogens with zero attached hydrogens (tertiary/aromatic N) is 2. The Balaban J connectivity index is 1.66. The Morgan fingerprint density at radius 1 is 1.30 bits per heavy atom. The summed E-state index contributed by atoms with van der Waals surface area (Å²) >= 11 is 0.